The molecule has 2 heterocycles. The van der Waals surface area contributed by atoms with Crippen LogP contribution in [-0.4, -0.2) is 40.5 Å². The minimum absolute atomic E-state index is 0.0480. The number of aromatic nitrogens is 2. The van der Waals surface area contributed by atoms with E-state index in [1.54, 1.807) is 0 Å². The van der Waals surface area contributed by atoms with E-state index in [1.165, 1.54) is 11.1 Å². The number of anilines is 2. The first-order valence-electron chi connectivity index (χ1n) is 13.2. The number of nitrogens with one attached hydrogen (secondary N) is 2. The summed E-state index contributed by atoms with van der Waals surface area (Å²) < 4.78 is 14.0. The Kier molecular flexibility index (Phi) is 8.69. The molecule has 4 aromatic rings. The monoisotopic (exact) mass is 500 g/mol. The number of fused-ring (bicyclic) bond motifs is 1. The van der Waals surface area contributed by atoms with Crippen molar-refractivity contribution in [2.75, 3.05) is 30.4 Å². The minimum atomic E-state index is -0.128. The second kappa shape index (κ2) is 12.7. The Morgan fingerprint density at radius 3 is 2.62 bits per heavy atom. The van der Waals surface area contributed by atoms with Gasteiger partial charge in [0.1, 0.15) is 6.23 Å². The number of unbranched alkanes of at least 4 members (excludes halogenated alkanes) is 1. The van der Waals surface area contributed by atoms with Crippen molar-refractivity contribution < 1.29 is 14.6 Å². The lowest BCUT2D eigenvalue weighted by atomic mass is 10.2. The van der Waals surface area contributed by atoms with E-state index >= 15 is 0 Å². The van der Waals surface area contributed by atoms with Crippen molar-refractivity contribution in [3.05, 3.63) is 90.0 Å². The van der Waals surface area contributed by atoms with Gasteiger partial charge in [0.25, 0.3) is 0 Å². The lowest BCUT2D eigenvalue weighted by molar-refractivity contribution is -0.0195. The van der Waals surface area contributed by atoms with Crippen LogP contribution in [0.4, 0.5) is 11.6 Å². The molecule has 0 amide bonds. The van der Waals surface area contributed by atoms with Crippen LogP contribution in [0.2, 0.25) is 0 Å². The molecule has 0 bridgehead atoms. The van der Waals surface area contributed by atoms with Crippen molar-refractivity contribution in [2.45, 2.75) is 51.2 Å². The fourth-order valence-corrected chi connectivity index (χ4v) is 4.77. The lowest BCUT2D eigenvalue weighted by Gasteiger charge is -2.18. The fraction of sp³-hybridized carbons (Fsp3) is 0.367. The summed E-state index contributed by atoms with van der Waals surface area (Å²) in [6, 6.07) is 26.9. The second-order valence-corrected chi connectivity index (χ2v) is 9.49. The average Bonchev–Trinajstić information content (AvgIpc) is 3.56. The Hall–Kier alpha value is -3.39. The fourth-order valence-electron chi connectivity index (χ4n) is 4.77. The Labute approximate surface area is 218 Å². The van der Waals surface area contributed by atoms with Crippen molar-refractivity contribution in [3.8, 4) is 0 Å². The van der Waals surface area contributed by atoms with E-state index in [9.17, 15) is 5.11 Å². The number of hydrogen-bond acceptors (Lipinski definition) is 6. The van der Waals surface area contributed by atoms with Crippen molar-refractivity contribution >= 4 is 22.7 Å². The number of imidazole rings is 1. The summed E-state index contributed by atoms with van der Waals surface area (Å²) in [6.07, 6.45) is 3.54. The summed E-state index contributed by atoms with van der Waals surface area (Å²) in [4.78, 5) is 4.83. The molecule has 37 heavy (non-hydrogen) atoms. The van der Waals surface area contributed by atoms with Crippen molar-refractivity contribution in [1.29, 1.82) is 0 Å². The first-order valence-corrected chi connectivity index (χ1v) is 13.2. The number of ether oxygens (including phenoxy) is 2. The summed E-state index contributed by atoms with van der Waals surface area (Å²) in [6.45, 7) is 3.05. The van der Waals surface area contributed by atoms with Gasteiger partial charge < -0.3 is 25.2 Å². The standard InChI is InChI=1S/C30H36N4O3/c35-21-26-15-16-29(37-26)34-28-14-5-4-13-27(28)33-30(34)32-20-24-11-8-12-25(19-24)31-17-6-7-18-36-22-23-9-2-1-3-10-23/h1-5,8-14,19,26,29,31,35H,6-7,15-18,20-22H2,(H,32,33)/t26-,29+/m0/s1. The van der Waals surface area contributed by atoms with Gasteiger partial charge >= 0.3 is 0 Å². The minimum Gasteiger partial charge on any atom is -0.394 e. The molecule has 7 nitrogen and oxygen atoms in total. The van der Waals surface area contributed by atoms with E-state index in [0.29, 0.717) is 13.2 Å². The zero-order chi connectivity index (χ0) is 25.3. The van der Waals surface area contributed by atoms with E-state index in [2.05, 4.69) is 57.7 Å². The predicted molar refractivity (Wildman–Crippen MR) is 148 cm³/mol. The van der Waals surface area contributed by atoms with Crippen LogP contribution in [-0.2, 0) is 22.6 Å². The molecule has 3 N–H and O–H groups in total. The maximum Gasteiger partial charge on any atom is 0.206 e. The van der Waals surface area contributed by atoms with Crippen molar-refractivity contribution in [3.63, 3.8) is 0 Å². The smallest absolute Gasteiger partial charge is 0.206 e. The molecule has 0 aliphatic carbocycles. The Morgan fingerprint density at radius 2 is 1.76 bits per heavy atom. The van der Waals surface area contributed by atoms with Crippen LogP contribution < -0.4 is 10.6 Å². The number of aliphatic hydroxyl groups excluding tert-OH is 1. The predicted octanol–water partition coefficient (Wildman–Crippen LogP) is 5.73. The third kappa shape index (κ3) is 6.68. The summed E-state index contributed by atoms with van der Waals surface area (Å²) in [5.41, 5.74) is 5.48. The lowest BCUT2D eigenvalue weighted by Crippen LogP contribution is -2.16. The molecule has 0 spiro atoms. The van der Waals surface area contributed by atoms with Crippen molar-refractivity contribution in [2.24, 2.45) is 0 Å². The molecule has 1 fully saturated rings. The van der Waals surface area contributed by atoms with E-state index in [1.807, 2.05) is 36.4 Å². The van der Waals surface area contributed by atoms with Crippen molar-refractivity contribution in [1.82, 2.24) is 9.55 Å². The third-order valence-corrected chi connectivity index (χ3v) is 6.71. The van der Waals surface area contributed by atoms with Crippen LogP contribution in [0.15, 0.2) is 78.9 Å². The zero-order valence-electron chi connectivity index (χ0n) is 21.2. The Morgan fingerprint density at radius 1 is 0.919 bits per heavy atom. The molecule has 0 unspecified atom stereocenters. The first-order chi connectivity index (χ1) is 18.3. The van der Waals surface area contributed by atoms with Gasteiger partial charge in [0.05, 0.1) is 30.4 Å². The van der Waals surface area contributed by atoms with E-state index in [-0.39, 0.29) is 18.9 Å². The zero-order valence-corrected chi connectivity index (χ0v) is 21.2. The number of para-hydroxylation sites is 2. The van der Waals surface area contributed by atoms with E-state index in [4.69, 9.17) is 14.5 Å². The highest BCUT2D eigenvalue weighted by atomic mass is 16.5. The number of nitrogens with zero attached hydrogens (tertiary/aromatic N) is 2. The highest BCUT2D eigenvalue weighted by Crippen LogP contribution is 2.34. The first kappa shape index (κ1) is 25.3. The maximum atomic E-state index is 9.52. The van der Waals surface area contributed by atoms with Gasteiger partial charge in [-0.05, 0) is 61.1 Å². The summed E-state index contributed by atoms with van der Waals surface area (Å²) >= 11 is 0. The molecule has 5 rings (SSSR count). The molecule has 1 aliphatic heterocycles. The van der Waals surface area contributed by atoms with Gasteiger partial charge in [0.15, 0.2) is 0 Å². The number of benzene rings is 3. The summed E-state index contributed by atoms with van der Waals surface area (Å²) in [5.74, 6) is 0.790. The summed E-state index contributed by atoms with van der Waals surface area (Å²) in [7, 11) is 0. The average molecular weight is 501 g/mol. The normalized spacial score (nSPS) is 17.3. The topological polar surface area (TPSA) is 80.6 Å². The highest BCUT2D eigenvalue weighted by molar-refractivity contribution is 5.78. The molecule has 1 aromatic heterocycles. The molecule has 1 aliphatic rings. The van der Waals surface area contributed by atoms with E-state index in [0.717, 1.165) is 61.5 Å². The summed E-state index contributed by atoms with van der Waals surface area (Å²) in [5, 5.41) is 16.6. The van der Waals surface area contributed by atoms with Crippen LogP contribution in [0, 0.1) is 0 Å². The van der Waals surface area contributed by atoms with E-state index < -0.39 is 0 Å². The quantitative estimate of drug-likeness (QED) is 0.204. The molecule has 1 saturated heterocycles. The molecule has 7 heteroatoms. The molecular weight excluding hydrogens is 464 g/mol. The van der Waals surface area contributed by atoms with Gasteiger partial charge in [-0.25, -0.2) is 4.98 Å². The highest BCUT2D eigenvalue weighted by Gasteiger charge is 2.29. The number of hydrogen-bond donors (Lipinski definition) is 3. The number of aliphatic hydroxyl groups is 1. The van der Waals surface area contributed by atoms with Crippen LogP contribution in [0.5, 0.6) is 0 Å². The van der Waals surface area contributed by atoms with Gasteiger partial charge in [0.2, 0.25) is 5.95 Å². The van der Waals surface area contributed by atoms with Gasteiger partial charge in [-0.2, -0.15) is 0 Å². The van der Waals surface area contributed by atoms with Crippen LogP contribution in [0.25, 0.3) is 11.0 Å². The van der Waals surface area contributed by atoms with Gasteiger partial charge in [-0.1, -0.05) is 54.6 Å². The number of rotatable bonds is 13. The van der Waals surface area contributed by atoms with Gasteiger partial charge in [-0.3, -0.25) is 4.57 Å². The Bertz CT molecular complexity index is 1260. The van der Waals surface area contributed by atoms with Crippen LogP contribution >= 0.6 is 0 Å². The Balaban J connectivity index is 1.12. The van der Waals surface area contributed by atoms with Crippen LogP contribution in [0.3, 0.4) is 0 Å². The SMILES string of the molecule is OC[C@@H]1CC[C@H](n2c(NCc3cccc(NCCCCOCc4ccccc4)c3)nc3ccccc32)O1. The molecule has 0 radical (unpaired) electrons. The van der Waals surface area contributed by atoms with Crippen LogP contribution in [0.1, 0.15) is 43.0 Å². The molecular formula is C30H36N4O3. The van der Waals surface area contributed by atoms with Gasteiger partial charge in [-0.15, -0.1) is 0 Å². The molecule has 2 atom stereocenters. The molecule has 3 aromatic carbocycles. The second-order valence-electron chi connectivity index (χ2n) is 9.49. The maximum absolute atomic E-state index is 9.52. The third-order valence-electron chi connectivity index (χ3n) is 6.71. The van der Waals surface area contributed by atoms with Gasteiger partial charge in [0, 0.05) is 25.4 Å². The molecule has 194 valence electrons. The largest absolute Gasteiger partial charge is 0.394 e. The molecule has 0 saturated carbocycles.